The Morgan fingerprint density at radius 2 is 2.42 bits per heavy atom. The number of nitrogens with one attached hydrogen (secondary N) is 1. The number of halogens is 1. The molecule has 5 heteroatoms. The molecular weight excluding hydrogens is 196 g/mol. The highest BCUT2D eigenvalue weighted by Gasteiger charge is 2.12. The summed E-state index contributed by atoms with van der Waals surface area (Å²) in [7, 11) is 0. The standard InChI is InChI=1S/C7H11ClN2OS/c1-7(2,11)4-9-6-10-5(8)3-12-6/h3,11H,4H2,1-2H3,(H,9,10). The Balaban J connectivity index is 2.44. The molecule has 0 atom stereocenters. The van der Waals surface area contributed by atoms with Crippen LogP contribution in [0.5, 0.6) is 0 Å². The zero-order chi connectivity index (χ0) is 9.19. The van der Waals surface area contributed by atoms with Gasteiger partial charge in [-0.2, -0.15) is 0 Å². The Kier molecular flexibility index (Phi) is 2.93. The number of nitrogens with zero attached hydrogens (tertiary/aromatic N) is 1. The van der Waals surface area contributed by atoms with Gasteiger partial charge in [-0.15, -0.1) is 11.3 Å². The van der Waals surface area contributed by atoms with E-state index in [1.54, 1.807) is 19.2 Å². The summed E-state index contributed by atoms with van der Waals surface area (Å²) in [4.78, 5) is 3.98. The molecule has 0 aliphatic rings. The molecule has 1 rings (SSSR count). The van der Waals surface area contributed by atoms with Crippen LogP contribution in [0.25, 0.3) is 0 Å². The van der Waals surface area contributed by atoms with E-state index in [9.17, 15) is 5.11 Å². The van der Waals surface area contributed by atoms with Crippen molar-refractivity contribution in [1.29, 1.82) is 0 Å². The second-order valence-corrected chi connectivity index (χ2v) is 4.39. The van der Waals surface area contributed by atoms with Crippen LogP contribution in [0, 0.1) is 0 Å². The van der Waals surface area contributed by atoms with E-state index in [1.807, 2.05) is 0 Å². The van der Waals surface area contributed by atoms with Crippen molar-refractivity contribution in [2.45, 2.75) is 19.4 Å². The highest BCUT2D eigenvalue weighted by Crippen LogP contribution is 2.19. The number of aliphatic hydroxyl groups is 1. The third kappa shape index (κ3) is 3.38. The van der Waals surface area contributed by atoms with Gasteiger partial charge >= 0.3 is 0 Å². The first-order chi connectivity index (χ1) is 5.47. The number of hydrogen-bond acceptors (Lipinski definition) is 4. The van der Waals surface area contributed by atoms with E-state index >= 15 is 0 Å². The predicted octanol–water partition coefficient (Wildman–Crippen LogP) is 1.98. The lowest BCUT2D eigenvalue weighted by Gasteiger charge is -2.16. The van der Waals surface area contributed by atoms with Crippen LogP contribution in [0.15, 0.2) is 5.38 Å². The summed E-state index contributed by atoms with van der Waals surface area (Å²) in [5.41, 5.74) is -0.724. The minimum atomic E-state index is -0.724. The molecular formula is C7H11ClN2OS. The maximum atomic E-state index is 9.37. The number of anilines is 1. The predicted molar refractivity (Wildman–Crippen MR) is 51.9 cm³/mol. The maximum absolute atomic E-state index is 9.37. The van der Waals surface area contributed by atoms with Gasteiger partial charge in [-0.3, -0.25) is 0 Å². The monoisotopic (exact) mass is 206 g/mol. The van der Waals surface area contributed by atoms with Gasteiger partial charge < -0.3 is 10.4 Å². The van der Waals surface area contributed by atoms with Crippen LogP contribution in [0.1, 0.15) is 13.8 Å². The minimum absolute atomic E-state index is 0.469. The molecule has 1 heterocycles. The van der Waals surface area contributed by atoms with Crippen molar-refractivity contribution >= 4 is 28.1 Å². The van der Waals surface area contributed by atoms with E-state index < -0.39 is 5.60 Å². The van der Waals surface area contributed by atoms with Crippen LogP contribution in [0.2, 0.25) is 5.15 Å². The fraction of sp³-hybridized carbons (Fsp3) is 0.571. The number of rotatable bonds is 3. The molecule has 1 aromatic heterocycles. The average Bonchev–Trinajstić information content (AvgIpc) is 2.30. The quantitative estimate of drug-likeness (QED) is 0.795. The molecule has 0 radical (unpaired) electrons. The largest absolute Gasteiger partial charge is 0.389 e. The van der Waals surface area contributed by atoms with E-state index in [0.717, 1.165) is 5.13 Å². The van der Waals surface area contributed by atoms with Gasteiger partial charge in [-0.1, -0.05) is 11.6 Å². The summed E-state index contributed by atoms with van der Waals surface area (Å²) in [6.45, 7) is 3.93. The van der Waals surface area contributed by atoms with Crippen LogP contribution in [-0.4, -0.2) is 22.2 Å². The van der Waals surface area contributed by atoms with Crippen molar-refractivity contribution in [3.8, 4) is 0 Å². The third-order valence-corrected chi connectivity index (χ3v) is 2.27. The molecule has 1 aromatic rings. The van der Waals surface area contributed by atoms with Crippen LogP contribution in [-0.2, 0) is 0 Å². The molecule has 68 valence electrons. The summed E-state index contributed by atoms with van der Waals surface area (Å²) in [6, 6.07) is 0. The Morgan fingerprint density at radius 1 is 1.75 bits per heavy atom. The molecule has 0 saturated heterocycles. The normalized spacial score (nSPS) is 11.7. The van der Waals surface area contributed by atoms with Crippen molar-refractivity contribution in [2.75, 3.05) is 11.9 Å². The molecule has 3 nitrogen and oxygen atoms in total. The first-order valence-electron chi connectivity index (χ1n) is 3.55. The average molecular weight is 207 g/mol. The van der Waals surface area contributed by atoms with E-state index in [0.29, 0.717) is 11.7 Å². The number of hydrogen-bond donors (Lipinski definition) is 2. The maximum Gasteiger partial charge on any atom is 0.184 e. The highest BCUT2D eigenvalue weighted by atomic mass is 35.5. The van der Waals surface area contributed by atoms with Gasteiger partial charge in [-0.25, -0.2) is 4.98 Å². The van der Waals surface area contributed by atoms with E-state index in [2.05, 4.69) is 10.3 Å². The van der Waals surface area contributed by atoms with Gasteiger partial charge in [0.25, 0.3) is 0 Å². The lowest BCUT2D eigenvalue weighted by Crippen LogP contribution is -2.29. The topological polar surface area (TPSA) is 45.1 Å². The van der Waals surface area contributed by atoms with Gasteiger partial charge in [0.15, 0.2) is 5.13 Å². The van der Waals surface area contributed by atoms with Crippen molar-refractivity contribution in [1.82, 2.24) is 4.98 Å². The van der Waals surface area contributed by atoms with E-state index in [1.165, 1.54) is 11.3 Å². The molecule has 0 aromatic carbocycles. The molecule has 0 unspecified atom stereocenters. The van der Waals surface area contributed by atoms with Crippen LogP contribution in [0.4, 0.5) is 5.13 Å². The number of aromatic nitrogens is 1. The molecule has 0 bridgehead atoms. The molecule has 0 aliphatic carbocycles. The van der Waals surface area contributed by atoms with Crippen molar-refractivity contribution < 1.29 is 5.11 Å². The third-order valence-electron chi connectivity index (χ3n) is 1.15. The Morgan fingerprint density at radius 3 is 2.83 bits per heavy atom. The van der Waals surface area contributed by atoms with Crippen LogP contribution < -0.4 is 5.32 Å². The Bertz CT molecular complexity index is 256. The smallest absolute Gasteiger partial charge is 0.184 e. The van der Waals surface area contributed by atoms with Gasteiger partial charge in [-0.05, 0) is 13.8 Å². The summed E-state index contributed by atoms with van der Waals surface area (Å²) in [5.74, 6) is 0. The number of thiazole rings is 1. The Hall–Kier alpha value is -0.320. The Labute approximate surface area is 80.4 Å². The van der Waals surface area contributed by atoms with Crippen molar-refractivity contribution in [3.63, 3.8) is 0 Å². The van der Waals surface area contributed by atoms with Crippen molar-refractivity contribution in [2.24, 2.45) is 0 Å². The highest BCUT2D eigenvalue weighted by molar-refractivity contribution is 7.14. The molecule has 0 amide bonds. The molecule has 0 aliphatic heterocycles. The molecule has 0 fully saturated rings. The zero-order valence-corrected chi connectivity index (χ0v) is 8.54. The van der Waals surface area contributed by atoms with Crippen LogP contribution in [0.3, 0.4) is 0 Å². The zero-order valence-electron chi connectivity index (χ0n) is 6.97. The van der Waals surface area contributed by atoms with E-state index in [4.69, 9.17) is 11.6 Å². The van der Waals surface area contributed by atoms with E-state index in [-0.39, 0.29) is 0 Å². The fourth-order valence-corrected chi connectivity index (χ4v) is 1.46. The minimum Gasteiger partial charge on any atom is -0.389 e. The SMILES string of the molecule is CC(C)(O)CNc1nc(Cl)cs1. The van der Waals surface area contributed by atoms with Crippen molar-refractivity contribution in [3.05, 3.63) is 10.5 Å². The van der Waals surface area contributed by atoms with Gasteiger partial charge in [0.05, 0.1) is 5.60 Å². The first kappa shape index (κ1) is 9.77. The first-order valence-corrected chi connectivity index (χ1v) is 4.80. The molecule has 0 spiro atoms. The summed E-state index contributed by atoms with van der Waals surface area (Å²) in [6.07, 6.45) is 0. The molecule has 0 saturated carbocycles. The lowest BCUT2D eigenvalue weighted by molar-refractivity contribution is 0.0945. The van der Waals surface area contributed by atoms with Crippen LogP contribution >= 0.6 is 22.9 Å². The van der Waals surface area contributed by atoms with Gasteiger partial charge in [0.1, 0.15) is 5.15 Å². The summed E-state index contributed by atoms with van der Waals surface area (Å²) < 4.78 is 0. The summed E-state index contributed by atoms with van der Waals surface area (Å²) in [5, 5.41) is 15.3. The van der Waals surface area contributed by atoms with Gasteiger partial charge in [0.2, 0.25) is 0 Å². The molecule has 12 heavy (non-hydrogen) atoms. The summed E-state index contributed by atoms with van der Waals surface area (Å²) >= 11 is 7.03. The fourth-order valence-electron chi connectivity index (χ4n) is 0.627. The lowest BCUT2D eigenvalue weighted by atomic mass is 10.1. The second-order valence-electron chi connectivity index (χ2n) is 3.14. The van der Waals surface area contributed by atoms with Gasteiger partial charge in [0, 0.05) is 11.9 Å². The second kappa shape index (κ2) is 3.60. The molecule has 2 N–H and O–H groups in total.